The van der Waals surface area contributed by atoms with Crippen LogP contribution in [0.3, 0.4) is 0 Å². The number of unbranched alkanes of at least 4 members (excludes halogenated alkanes) is 2. The van der Waals surface area contributed by atoms with Gasteiger partial charge in [-0.1, -0.05) is 73.1 Å². The molecular weight excluding hydrogens is 493 g/mol. The fourth-order valence-electron chi connectivity index (χ4n) is 6.76. The smallest absolute Gasteiger partial charge is 0.303 e. The van der Waals surface area contributed by atoms with Gasteiger partial charge in [0.1, 0.15) is 5.60 Å². The molecule has 0 aromatic carbocycles. The summed E-state index contributed by atoms with van der Waals surface area (Å²) in [5, 5.41) is 0. The summed E-state index contributed by atoms with van der Waals surface area (Å²) < 4.78 is 18.7. The predicted octanol–water partition coefficient (Wildman–Crippen LogP) is 7.69. The van der Waals surface area contributed by atoms with Gasteiger partial charge in [-0.25, -0.2) is 0 Å². The zero-order valence-electron chi connectivity index (χ0n) is 26.0. The van der Waals surface area contributed by atoms with Crippen molar-refractivity contribution in [3.8, 4) is 0 Å². The topological polar surface area (TPSA) is 44.8 Å². The summed E-state index contributed by atoms with van der Waals surface area (Å²) >= 11 is 0. The molecule has 0 bridgehead atoms. The molecule has 0 aromatic heterocycles. The van der Waals surface area contributed by atoms with Crippen molar-refractivity contribution in [3.05, 3.63) is 24.3 Å². The van der Waals surface area contributed by atoms with Crippen LogP contribution in [0.15, 0.2) is 24.3 Å². The summed E-state index contributed by atoms with van der Waals surface area (Å²) in [4.78, 5) is 12.1. The second-order valence-electron chi connectivity index (χ2n) is 14.5. The van der Waals surface area contributed by atoms with Crippen LogP contribution in [0.1, 0.15) is 87.0 Å². The highest BCUT2D eigenvalue weighted by Crippen LogP contribution is 2.62. The molecule has 4 nitrogen and oxygen atoms in total. The second-order valence-corrected chi connectivity index (χ2v) is 19.2. The fraction of sp³-hybridized carbons (Fsp3) is 0.839. The molecule has 0 saturated heterocycles. The van der Waals surface area contributed by atoms with Gasteiger partial charge in [-0.15, -0.1) is 0 Å². The largest absolute Gasteiger partial charge is 0.455 e. The number of hydrogen-bond acceptors (Lipinski definition) is 4. The molecule has 6 atom stereocenters. The first-order valence-corrected chi connectivity index (χ1v) is 20.4. The molecule has 0 aliphatic heterocycles. The molecule has 0 heterocycles. The molecule has 37 heavy (non-hydrogen) atoms. The van der Waals surface area contributed by atoms with Gasteiger partial charge in [0.2, 0.25) is 0 Å². The Kier molecular flexibility index (Phi) is 11.5. The van der Waals surface area contributed by atoms with Gasteiger partial charge >= 0.3 is 5.97 Å². The van der Waals surface area contributed by atoms with Crippen molar-refractivity contribution in [1.29, 1.82) is 0 Å². The normalized spacial score (nSPS) is 29.5. The Balaban J connectivity index is 2.31. The van der Waals surface area contributed by atoms with Crippen molar-refractivity contribution in [1.82, 2.24) is 0 Å². The van der Waals surface area contributed by atoms with Gasteiger partial charge in [-0.2, -0.15) is 0 Å². The lowest BCUT2D eigenvalue weighted by atomic mass is 9.71. The van der Waals surface area contributed by atoms with E-state index in [1.54, 1.807) is 0 Å². The summed E-state index contributed by atoms with van der Waals surface area (Å²) in [6.45, 7) is 30.0. The number of hydrogen-bond donors (Lipinski definition) is 0. The van der Waals surface area contributed by atoms with Gasteiger partial charge < -0.3 is 13.6 Å². The van der Waals surface area contributed by atoms with Gasteiger partial charge in [0.25, 0.3) is 0 Å². The van der Waals surface area contributed by atoms with Gasteiger partial charge in [0.05, 0.1) is 0 Å². The van der Waals surface area contributed by atoms with E-state index >= 15 is 0 Å². The van der Waals surface area contributed by atoms with Crippen LogP contribution in [0.4, 0.5) is 0 Å². The van der Waals surface area contributed by atoms with E-state index in [0.29, 0.717) is 23.7 Å². The van der Waals surface area contributed by atoms with Crippen LogP contribution in [-0.4, -0.2) is 42.4 Å². The molecule has 6 heteroatoms. The molecule has 2 rings (SSSR count). The number of ether oxygens (including phenoxy) is 1. The van der Waals surface area contributed by atoms with Crippen LogP contribution in [0.25, 0.3) is 0 Å². The van der Waals surface area contributed by atoms with E-state index in [1.807, 2.05) is 0 Å². The third kappa shape index (κ3) is 8.64. The maximum atomic E-state index is 12.1. The number of allylic oxidation sites excluding steroid dienone is 2. The van der Waals surface area contributed by atoms with E-state index in [1.165, 1.54) is 32.6 Å². The first kappa shape index (κ1) is 32.5. The standard InChI is InChI=1S/C31H58O4Si2/c1-22-20-26-25(18-17-24(29(3,4)5)16-14-13-15-19-33-36(9)10)27(30(6,7)8)21-31(26,35-37(11)12)28(22)34-23(2)32/h17-18,24-28,36-37H,1,13-16,19-21H2,2-12H3/t24-,25+,26-,27+,28?,31-/m0/s1. The monoisotopic (exact) mass is 550 g/mol. The van der Waals surface area contributed by atoms with Crippen LogP contribution in [0.2, 0.25) is 26.2 Å². The second kappa shape index (κ2) is 13.1. The number of rotatable bonds is 12. The molecule has 1 unspecified atom stereocenters. The number of carbonyl (C=O) groups excluding carboxylic acids is 1. The maximum Gasteiger partial charge on any atom is 0.303 e. The minimum Gasteiger partial charge on any atom is -0.455 e. The number of fused-ring (bicyclic) bond motifs is 1. The molecule has 0 radical (unpaired) electrons. The van der Waals surface area contributed by atoms with Crippen molar-refractivity contribution in [2.45, 2.75) is 125 Å². The quantitative estimate of drug-likeness (QED) is 0.108. The molecule has 214 valence electrons. The van der Waals surface area contributed by atoms with Crippen molar-refractivity contribution >= 4 is 24.0 Å². The lowest BCUT2D eigenvalue weighted by Gasteiger charge is -2.38. The summed E-state index contributed by atoms with van der Waals surface area (Å²) in [5.41, 5.74) is 0.936. The van der Waals surface area contributed by atoms with Gasteiger partial charge in [0.15, 0.2) is 24.2 Å². The average molecular weight is 551 g/mol. The Hall–Kier alpha value is -0.696. The van der Waals surface area contributed by atoms with Crippen LogP contribution >= 0.6 is 0 Å². The average Bonchev–Trinajstić information content (AvgIpc) is 3.15. The Morgan fingerprint density at radius 3 is 2.24 bits per heavy atom. The highest BCUT2D eigenvalue weighted by molar-refractivity contribution is 6.48. The van der Waals surface area contributed by atoms with Crippen LogP contribution in [-0.2, 0) is 18.4 Å². The van der Waals surface area contributed by atoms with Crippen LogP contribution in [0, 0.1) is 34.5 Å². The molecule has 0 aromatic rings. The predicted molar refractivity (Wildman–Crippen MR) is 162 cm³/mol. The van der Waals surface area contributed by atoms with Crippen molar-refractivity contribution in [2.24, 2.45) is 34.5 Å². The van der Waals surface area contributed by atoms with Gasteiger partial charge in [-0.05, 0) is 86.0 Å². The minimum absolute atomic E-state index is 0.132. The molecule has 2 fully saturated rings. The Morgan fingerprint density at radius 2 is 1.73 bits per heavy atom. The Bertz CT molecular complexity index is 792. The Morgan fingerprint density at radius 1 is 1.08 bits per heavy atom. The fourth-order valence-corrected chi connectivity index (χ4v) is 8.67. The van der Waals surface area contributed by atoms with E-state index in [2.05, 4.69) is 86.5 Å². The van der Waals surface area contributed by atoms with E-state index in [0.717, 1.165) is 25.0 Å². The molecule has 2 saturated carbocycles. The first-order chi connectivity index (χ1) is 17.0. The molecule has 2 aliphatic rings. The summed E-state index contributed by atoms with van der Waals surface area (Å²) in [6.07, 6.45) is 11.4. The molecule has 0 N–H and O–H groups in total. The SMILES string of the molecule is C=C1C[C@H]2[C@@H](C=C[C@H](CCCCCO[SiH](C)C)C(C)(C)C)[C@H](C(C)(C)C)C[C@@]2(O[SiH](C)C)C1OC(C)=O. The Labute approximate surface area is 232 Å². The lowest BCUT2D eigenvalue weighted by Crippen LogP contribution is -2.48. The third-order valence-corrected chi connectivity index (χ3v) is 10.3. The van der Waals surface area contributed by atoms with Crippen LogP contribution < -0.4 is 0 Å². The molecule has 0 spiro atoms. The van der Waals surface area contributed by atoms with E-state index in [-0.39, 0.29) is 22.9 Å². The molecular formula is C31H58O4Si2. The van der Waals surface area contributed by atoms with E-state index in [9.17, 15) is 4.79 Å². The summed E-state index contributed by atoms with van der Waals surface area (Å²) in [5.74, 6) is 1.45. The first-order valence-electron chi connectivity index (χ1n) is 14.8. The molecule has 2 aliphatic carbocycles. The zero-order valence-corrected chi connectivity index (χ0v) is 28.3. The van der Waals surface area contributed by atoms with Crippen molar-refractivity contribution in [2.75, 3.05) is 6.61 Å². The van der Waals surface area contributed by atoms with Gasteiger partial charge in [-0.3, -0.25) is 4.79 Å². The summed E-state index contributed by atoms with van der Waals surface area (Å²) in [7, 11) is -2.30. The van der Waals surface area contributed by atoms with Gasteiger partial charge in [0, 0.05) is 19.4 Å². The maximum absolute atomic E-state index is 12.1. The van der Waals surface area contributed by atoms with E-state index < -0.39 is 23.7 Å². The molecule has 0 amide bonds. The van der Waals surface area contributed by atoms with E-state index in [4.69, 9.17) is 13.6 Å². The third-order valence-electron chi connectivity index (χ3n) is 8.53. The number of carbonyl (C=O) groups is 1. The highest BCUT2D eigenvalue weighted by Gasteiger charge is 2.64. The minimum atomic E-state index is -1.39. The zero-order chi connectivity index (χ0) is 28.2. The highest BCUT2D eigenvalue weighted by atomic mass is 28.3. The summed E-state index contributed by atoms with van der Waals surface area (Å²) in [6, 6.07) is 0. The lowest BCUT2D eigenvalue weighted by molar-refractivity contribution is -0.155. The van der Waals surface area contributed by atoms with Crippen LogP contribution in [0.5, 0.6) is 0 Å². The number of esters is 1. The van der Waals surface area contributed by atoms with Crippen molar-refractivity contribution in [3.63, 3.8) is 0 Å². The van der Waals surface area contributed by atoms with Crippen molar-refractivity contribution < 1.29 is 18.4 Å².